The van der Waals surface area contributed by atoms with Gasteiger partial charge in [0.25, 0.3) is 5.91 Å². The van der Waals surface area contributed by atoms with Gasteiger partial charge >= 0.3 is 0 Å². The maximum Gasteiger partial charge on any atom is 0.270 e. The van der Waals surface area contributed by atoms with E-state index in [9.17, 15) is 9.59 Å². The van der Waals surface area contributed by atoms with Crippen LogP contribution in [0.5, 0.6) is 0 Å². The third kappa shape index (κ3) is 2.74. The van der Waals surface area contributed by atoms with Gasteiger partial charge in [-0.05, 0) is 54.7 Å². The van der Waals surface area contributed by atoms with Gasteiger partial charge in [-0.15, -0.1) is 9.24 Å². The first-order valence-corrected chi connectivity index (χ1v) is 10.4. The maximum absolute atomic E-state index is 12.9. The molecule has 4 aliphatic rings. The van der Waals surface area contributed by atoms with E-state index in [1.54, 1.807) is 0 Å². The molecule has 1 saturated heterocycles. The van der Waals surface area contributed by atoms with E-state index >= 15 is 0 Å². The highest BCUT2D eigenvalue weighted by Gasteiger charge is 2.35. The first-order chi connectivity index (χ1) is 13.3. The molecule has 2 unspecified atom stereocenters. The number of H-pyrrole nitrogens is 1. The minimum atomic E-state index is 0.0797. The second-order valence-electron chi connectivity index (χ2n) is 8.56. The Hall–Kier alpha value is -2.33. The zero-order valence-electron chi connectivity index (χ0n) is 16.3. The van der Waals surface area contributed by atoms with Crippen LogP contribution in [0.2, 0.25) is 0 Å². The molecule has 3 aliphatic heterocycles. The number of carbonyl (C=O) groups is 2. The van der Waals surface area contributed by atoms with Crippen LogP contribution in [0.4, 0.5) is 5.82 Å². The SMILES string of the molecule is CC1=CC2=C(CNC(N3CCc4cc(C(=O)N5CCC(C)(P)C5)[nH]c43)=C2)C1=O. The average Bonchev–Trinajstić information content (AvgIpc) is 3.38. The molecule has 6 nitrogen and oxygen atoms in total. The second kappa shape index (κ2) is 6.08. The number of dihydropyridines is 1. The first-order valence-electron chi connectivity index (χ1n) is 9.82. The van der Waals surface area contributed by atoms with Gasteiger partial charge in [-0.3, -0.25) is 9.59 Å². The molecule has 0 aromatic carbocycles. The molecule has 1 fully saturated rings. The lowest BCUT2D eigenvalue weighted by Gasteiger charge is -2.26. The highest BCUT2D eigenvalue weighted by Crippen LogP contribution is 2.35. The molecule has 7 heteroatoms. The van der Waals surface area contributed by atoms with Crippen molar-refractivity contribution >= 4 is 26.7 Å². The quantitative estimate of drug-likeness (QED) is 0.752. The van der Waals surface area contributed by atoms with Crippen molar-refractivity contribution in [1.29, 1.82) is 0 Å². The monoisotopic (exact) mass is 396 g/mol. The summed E-state index contributed by atoms with van der Waals surface area (Å²) >= 11 is 0. The van der Waals surface area contributed by atoms with E-state index in [2.05, 4.69) is 31.4 Å². The van der Waals surface area contributed by atoms with E-state index in [0.717, 1.165) is 60.8 Å². The lowest BCUT2D eigenvalue weighted by atomic mass is 10.1. The molecule has 1 aromatic heterocycles. The van der Waals surface area contributed by atoms with Gasteiger partial charge in [0.1, 0.15) is 17.3 Å². The summed E-state index contributed by atoms with van der Waals surface area (Å²) in [6.07, 6.45) is 5.92. The summed E-state index contributed by atoms with van der Waals surface area (Å²) in [5.74, 6) is 2.19. The molecule has 0 radical (unpaired) electrons. The number of Topliss-reactive ketones (excluding diaryl/α,β-unsaturated/α-hetero) is 1. The number of likely N-dealkylation sites (tertiary alicyclic amines) is 1. The van der Waals surface area contributed by atoms with Crippen LogP contribution in [0.25, 0.3) is 0 Å². The van der Waals surface area contributed by atoms with Crippen LogP contribution >= 0.6 is 9.24 Å². The Bertz CT molecular complexity index is 998. The number of anilines is 1. The van der Waals surface area contributed by atoms with Crippen molar-refractivity contribution in [2.75, 3.05) is 31.1 Å². The summed E-state index contributed by atoms with van der Waals surface area (Å²) in [7, 11) is 2.87. The predicted molar refractivity (Wildman–Crippen MR) is 112 cm³/mol. The van der Waals surface area contributed by atoms with Crippen LogP contribution in [0, 0.1) is 0 Å². The molecule has 2 N–H and O–H groups in total. The largest absolute Gasteiger partial charge is 0.367 e. The summed E-state index contributed by atoms with van der Waals surface area (Å²) in [6, 6.07) is 2.01. The van der Waals surface area contributed by atoms with Gasteiger partial charge in [0, 0.05) is 36.9 Å². The van der Waals surface area contributed by atoms with E-state index < -0.39 is 0 Å². The number of amides is 1. The highest BCUT2D eigenvalue weighted by molar-refractivity contribution is 7.19. The smallest absolute Gasteiger partial charge is 0.270 e. The molecule has 0 spiro atoms. The topological polar surface area (TPSA) is 68.4 Å². The zero-order valence-corrected chi connectivity index (χ0v) is 17.4. The summed E-state index contributed by atoms with van der Waals surface area (Å²) < 4.78 is 0. The number of nitrogens with one attached hydrogen (secondary N) is 2. The van der Waals surface area contributed by atoms with Crippen molar-refractivity contribution in [1.82, 2.24) is 15.2 Å². The van der Waals surface area contributed by atoms with Crippen LogP contribution in [-0.2, 0) is 11.2 Å². The van der Waals surface area contributed by atoms with Crippen LogP contribution in [0.1, 0.15) is 36.3 Å². The Balaban J connectivity index is 1.40. The molecule has 1 aromatic rings. The Kier molecular flexibility index (Phi) is 3.86. The number of ketones is 1. The first kappa shape index (κ1) is 17.7. The zero-order chi connectivity index (χ0) is 19.6. The number of aromatic nitrogens is 1. The molecule has 1 amide bonds. The van der Waals surface area contributed by atoms with Crippen LogP contribution in [-0.4, -0.2) is 52.9 Å². The van der Waals surface area contributed by atoms with Gasteiger partial charge in [0.2, 0.25) is 0 Å². The summed E-state index contributed by atoms with van der Waals surface area (Å²) in [6.45, 7) is 7.02. The molecule has 1 aliphatic carbocycles. The number of fused-ring (bicyclic) bond motifs is 1. The van der Waals surface area contributed by atoms with Gasteiger partial charge in [0.05, 0.1) is 0 Å². The van der Waals surface area contributed by atoms with E-state index in [-0.39, 0.29) is 16.8 Å². The van der Waals surface area contributed by atoms with Crippen LogP contribution < -0.4 is 10.2 Å². The average molecular weight is 396 g/mol. The third-order valence-electron chi connectivity index (χ3n) is 6.16. The molecule has 0 bridgehead atoms. The lowest BCUT2D eigenvalue weighted by Crippen LogP contribution is -2.35. The summed E-state index contributed by atoms with van der Waals surface area (Å²) in [4.78, 5) is 32.6. The van der Waals surface area contributed by atoms with Gasteiger partial charge in [0.15, 0.2) is 5.78 Å². The number of nitrogens with zero attached hydrogens (tertiary/aromatic N) is 2. The molecule has 5 rings (SSSR count). The fourth-order valence-corrected chi connectivity index (χ4v) is 4.91. The number of carbonyl (C=O) groups excluding carboxylic acids is 2. The van der Waals surface area contributed by atoms with Crippen LogP contribution in [0.15, 0.2) is 40.8 Å². The predicted octanol–water partition coefficient (Wildman–Crippen LogP) is 2.13. The molecular weight excluding hydrogens is 371 g/mol. The van der Waals surface area contributed by atoms with Crippen molar-refractivity contribution in [3.8, 4) is 0 Å². The van der Waals surface area contributed by atoms with E-state index in [1.807, 2.05) is 30.0 Å². The standard InChI is InChI=1S/C21H25N4O2P/c1-12-7-14-9-17(22-10-15(14)18(12)26)25-5-3-13-8-16(23-19(13)25)20(27)24-6-4-21(2,28)11-24/h7-9,22-23H,3-6,10-11,28H2,1-2H3. The van der Waals surface area contributed by atoms with E-state index in [0.29, 0.717) is 12.2 Å². The van der Waals surface area contributed by atoms with E-state index in [4.69, 9.17) is 0 Å². The second-order valence-corrected chi connectivity index (χ2v) is 9.96. The fraction of sp³-hybridized carbons (Fsp3) is 0.429. The highest BCUT2D eigenvalue weighted by atomic mass is 31.0. The van der Waals surface area contributed by atoms with E-state index in [1.165, 1.54) is 5.56 Å². The number of allylic oxidation sites excluding steroid dienone is 4. The molecular formula is C21H25N4O2P. The summed E-state index contributed by atoms with van der Waals surface area (Å²) in [5.41, 5.74) is 4.49. The van der Waals surface area contributed by atoms with Crippen molar-refractivity contribution in [2.24, 2.45) is 0 Å². The van der Waals surface area contributed by atoms with Crippen molar-refractivity contribution in [3.63, 3.8) is 0 Å². The maximum atomic E-state index is 12.9. The lowest BCUT2D eigenvalue weighted by molar-refractivity contribution is -0.112. The van der Waals surface area contributed by atoms with Crippen LogP contribution in [0.3, 0.4) is 0 Å². The van der Waals surface area contributed by atoms with Gasteiger partial charge in [-0.2, -0.15) is 0 Å². The fourth-order valence-electron chi connectivity index (χ4n) is 4.56. The normalized spacial score (nSPS) is 26.3. The molecule has 146 valence electrons. The van der Waals surface area contributed by atoms with Crippen molar-refractivity contribution in [2.45, 2.75) is 31.8 Å². The minimum Gasteiger partial charge on any atom is -0.367 e. The van der Waals surface area contributed by atoms with Gasteiger partial charge in [-0.25, -0.2) is 0 Å². The number of rotatable bonds is 2. The Morgan fingerprint density at radius 2 is 2.11 bits per heavy atom. The Morgan fingerprint density at radius 1 is 1.29 bits per heavy atom. The molecule has 28 heavy (non-hydrogen) atoms. The Morgan fingerprint density at radius 3 is 2.86 bits per heavy atom. The van der Waals surface area contributed by atoms with Crippen molar-refractivity contribution < 1.29 is 9.59 Å². The molecule has 0 saturated carbocycles. The number of hydrogen-bond acceptors (Lipinski definition) is 4. The minimum absolute atomic E-state index is 0.0797. The third-order valence-corrected chi connectivity index (χ3v) is 6.63. The molecule has 4 heterocycles. The van der Waals surface area contributed by atoms with Gasteiger partial charge < -0.3 is 20.1 Å². The number of aromatic amines is 1. The van der Waals surface area contributed by atoms with Gasteiger partial charge in [-0.1, -0.05) is 6.92 Å². The van der Waals surface area contributed by atoms with Crippen molar-refractivity contribution in [3.05, 3.63) is 52.0 Å². The number of hydrogen-bond donors (Lipinski definition) is 2. The molecule has 2 atom stereocenters. The summed E-state index contributed by atoms with van der Waals surface area (Å²) in [5, 5.41) is 3.50. The Labute approximate surface area is 166 Å².